The van der Waals surface area contributed by atoms with Gasteiger partial charge in [-0.3, -0.25) is 9.69 Å². The molecule has 120 valence electrons. The van der Waals surface area contributed by atoms with Gasteiger partial charge in [-0.05, 0) is 51.3 Å². The first kappa shape index (κ1) is 15.4. The summed E-state index contributed by atoms with van der Waals surface area (Å²) in [5, 5.41) is 3.11. The Morgan fingerprint density at radius 1 is 1.18 bits per heavy atom. The molecule has 1 N–H and O–H groups in total. The van der Waals surface area contributed by atoms with E-state index >= 15 is 0 Å². The largest absolute Gasteiger partial charge is 0.353 e. The first-order chi connectivity index (χ1) is 10.6. The minimum atomic E-state index is -0.548. The zero-order chi connectivity index (χ0) is 15.5. The van der Waals surface area contributed by atoms with Gasteiger partial charge in [0.15, 0.2) is 0 Å². The van der Waals surface area contributed by atoms with Crippen LogP contribution < -0.4 is 5.32 Å². The maximum Gasteiger partial charge on any atom is 0.223 e. The molecule has 0 aromatic heterocycles. The van der Waals surface area contributed by atoms with Gasteiger partial charge in [0.25, 0.3) is 0 Å². The van der Waals surface area contributed by atoms with Crippen molar-refractivity contribution in [2.45, 2.75) is 44.7 Å². The molecule has 1 aliphatic heterocycles. The number of carbonyl (C=O) groups excluding carboxylic acids is 1. The molecule has 0 spiro atoms. The third-order valence-corrected chi connectivity index (χ3v) is 4.82. The molecule has 1 amide bonds. The predicted molar refractivity (Wildman–Crippen MR) is 80.1 cm³/mol. The number of carbonyl (C=O) groups is 1. The molecule has 0 bridgehead atoms. The molecule has 1 saturated carbocycles. The van der Waals surface area contributed by atoms with E-state index in [-0.39, 0.29) is 11.8 Å². The molecule has 1 aromatic carbocycles. The SMILES string of the molecule is O=C(NC1CCC1)C1CCN(Cc2ccc(F)cc2F)CC1. The monoisotopic (exact) mass is 308 g/mol. The highest BCUT2D eigenvalue weighted by atomic mass is 19.1. The van der Waals surface area contributed by atoms with E-state index in [2.05, 4.69) is 10.2 Å². The topological polar surface area (TPSA) is 32.3 Å². The van der Waals surface area contributed by atoms with Crippen LogP contribution in [0.5, 0.6) is 0 Å². The zero-order valence-electron chi connectivity index (χ0n) is 12.7. The van der Waals surface area contributed by atoms with Crippen molar-refractivity contribution in [3.63, 3.8) is 0 Å². The fourth-order valence-corrected chi connectivity index (χ4v) is 3.12. The number of benzene rings is 1. The average molecular weight is 308 g/mol. The van der Waals surface area contributed by atoms with Crippen LogP contribution in [0.1, 0.15) is 37.7 Å². The minimum absolute atomic E-state index is 0.0786. The first-order valence-electron chi connectivity index (χ1n) is 8.08. The predicted octanol–water partition coefficient (Wildman–Crippen LogP) is 2.85. The smallest absolute Gasteiger partial charge is 0.223 e. The van der Waals surface area contributed by atoms with Gasteiger partial charge in [0.2, 0.25) is 5.91 Å². The standard InChI is InChI=1S/C17H22F2N2O/c18-14-5-4-13(16(19)10-14)11-21-8-6-12(7-9-21)17(22)20-15-2-1-3-15/h4-5,10,12,15H,1-3,6-9,11H2,(H,20,22). The van der Waals surface area contributed by atoms with Crippen molar-refractivity contribution >= 4 is 5.91 Å². The summed E-state index contributed by atoms with van der Waals surface area (Å²) in [5.41, 5.74) is 0.513. The normalized spacial score (nSPS) is 20.6. The Bertz CT molecular complexity index is 537. The summed E-state index contributed by atoms with van der Waals surface area (Å²) in [6.07, 6.45) is 5.04. The van der Waals surface area contributed by atoms with Gasteiger partial charge >= 0.3 is 0 Å². The van der Waals surface area contributed by atoms with Gasteiger partial charge in [-0.15, -0.1) is 0 Å². The third kappa shape index (κ3) is 3.64. The number of rotatable bonds is 4. The molecule has 5 heteroatoms. The number of hydrogen-bond acceptors (Lipinski definition) is 2. The van der Waals surface area contributed by atoms with Crippen molar-refractivity contribution in [1.29, 1.82) is 0 Å². The lowest BCUT2D eigenvalue weighted by molar-refractivity contribution is -0.127. The maximum atomic E-state index is 13.7. The second kappa shape index (κ2) is 6.73. The van der Waals surface area contributed by atoms with Crippen molar-refractivity contribution in [1.82, 2.24) is 10.2 Å². The lowest BCUT2D eigenvalue weighted by Gasteiger charge is -2.33. The molecule has 3 rings (SSSR count). The van der Waals surface area contributed by atoms with Crippen LogP contribution >= 0.6 is 0 Å². The van der Waals surface area contributed by atoms with Gasteiger partial charge in [-0.25, -0.2) is 8.78 Å². The summed E-state index contributed by atoms with van der Waals surface area (Å²) in [4.78, 5) is 14.3. The van der Waals surface area contributed by atoms with Crippen molar-refractivity contribution in [3.8, 4) is 0 Å². The van der Waals surface area contributed by atoms with Gasteiger partial charge in [-0.1, -0.05) is 6.07 Å². The first-order valence-corrected chi connectivity index (χ1v) is 8.08. The molecule has 2 aliphatic rings. The Labute approximate surface area is 129 Å². The molecule has 0 radical (unpaired) electrons. The summed E-state index contributed by atoms with van der Waals surface area (Å²) in [6, 6.07) is 4.10. The molecule has 1 heterocycles. The maximum absolute atomic E-state index is 13.7. The van der Waals surface area contributed by atoms with Crippen LogP contribution in [0.25, 0.3) is 0 Å². The quantitative estimate of drug-likeness (QED) is 0.927. The number of amides is 1. The van der Waals surface area contributed by atoms with E-state index in [9.17, 15) is 13.6 Å². The Morgan fingerprint density at radius 2 is 1.91 bits per heavy atom. The zero-order valence-corrected chi connectivity index (χ0v) is 12.7. The van der Waals surface area contributed by atoms with E-state index in [1.165, 1.54) is 18.6 Å². The molecule has 0 unspecified atom stereocenters. The van der Waals surface area contributed by atoms with E-state index in [0.717, 1.165) is 44.8 Å². The Kier molecular flexibility index (Phi) is 4.71. The van der Waals surface area contributed by atoms with Gasteiger partial charge in [0, 0.05) is 30.1 Å². The van der Waals surface area contributed by atoms with Crippen LogP contribution in [0.3, 0.4) is 0 Å². The van der Waals surface area contributed by atoms with E-state index in [0.29, 0.717) is 18.2 Å². The van der Waals surface area contributed by atoms with Crippen molar-refractivity contribution in [3.05, 3.63) is 35.4 Å². The van der Waals surface area contributed by atoms with Crippen LogP contribution in [0.4, 0.5) is 8.78 Å². The van der Waals surface area contributed by atoms with E-state index < -0.39 is 11.6 Å². The highest BCUT2D eigenvalue weighted by Crippen LogP contribution is 2.23. The minimum Gasteiger partial charge on any atom is -0.353 e. The van der Waals surface area contributed by atoms with Crippen LogP contribution in [0, 0.1) is 17.6 Å². The Morgan fingerprint density at radius 3 is 2.50 bits per heavy atom. The Balaban J connectivity index is 1.47. The lowest BCUT2D eigenvalue weighted by atomic mass is 9.90. The van der Waals surface area contributed by atoms with E-state index in [1.54, 1.807) is 0 Å². The molecule has 2 fully saturated rings. The third-order valence-electron chi connectivity index (χ3n) is 4.82. The highest BCUT2D eigenvalue weighted by molar-refractivity contribution is 5.79. The fraction of sp³-hybridized carbons (Fsp3) is 0.588. The lowest BCUT2D eigenvalue weighted by Crippen LogP contribution is -2.45. The fourth-order valence-electron chi connectivity index (χ4n) is 3.12. The van der Waals surface area contributed by atoms with E-state index in [4.69, 9.17) is 0 Å². The van der Waals surface area contributed by atoms with Gasteiger partial charge in [0.05, 0.1) is 0 Å². The number of nitrogens with one attached hydrogen (secondary N) is 1. The number of halogens is 2. The molecule has 3 nitrogen and oxygen atoms in total. The van der Waals surface area contributed by atoms with Crippen molar-refractivity contribution < 1.29 is 13.6 Å². The van der Waals surface area contributed by atoms with Gasteiger partial charge in [0.1, 0.15) is 11.6 Å². The Hall–Kier alpha value is -1.49. The molecular formula is C17H22F2N2O. The van der Waals surface area contributed by atoms with Crippen LogP contribution in [-0.4, -0.2) is 29.9 Å². The number of likely N-dealkylation sites (tertiary alicyclic amines) is 1. The number of hydrogen-bond donors (Lipinski definition) is 1. The summed E-state index contributed by atoms with van der Waals surface area (Å²) < 4.78 is 26.6. The molecular weight excluding hydrogens is 286 g/mol. The van der Waals surface area contributed by atoms with Crippen LogP contribution in [0.15, 0.2) is 18.2 Å². The van der Waals surface area contributed by atoms with Crippen molar-refractivity contribution in [2.24, 2.45) is 5.92 Å². The highest BCUT2D eigenvalue weighted by Gasteiger charge is 2.28. The average Bonchev–Trinajstić information content (AvgIpc) is 2.46. The molecule has 0 atom stereocenters. The van der Waals surface area contributed by atoms with Crippen LogP contribution in [0.2, 0.25) is 0 Å². The van der Waals surface area contributed by atoms with Crippen LogP contribution in [-0.2, 0) is 11.3 Å². The molecule has 1 saturated heterocycles. The molecule has 22 heavy (non-hydrogen) atoms. The molecule has 1 aliphatic carbocycles. The number of piperidine rings is 1. The van der Waals surface area contributed by atoms with Crippen molar-refractivity contribution in [2.75, 3.05) is 13.1 Å². The van der Waals surface area contributed by atoms with E-state index in [1.807, 2.05) is 0 Å². The molecule has 1 aromatic rings. The number of nitrogens with zero attached hydrogens (tertiary/aromatic N) is 1. The van der Waals surface area contributed by atoms with Gasteiger partial charge < -0.3 is 5.32 Å². The summed E-state index contributed by atoms with van der Waals surface area (Å²) in [7, 11) is 0. The summed E-state index contributed by atoms with van der Waals surface area (Å²) >= 11 is 0. The second-order valence-electron chi connectivity index (χ2n) is 6.42. The van der Waals surface area contributed by atoms with Gasteiger partial charge in [-0.2, -0.15) is 0 Å². The summed E-state index contributed by atoms with van der Waals surface area (Å²) in [5.74, 6) is -0.787. The summed E-state index contributed by atoms with van der Waals surface area (Å²) in [6.45, 7) is 2.03. The second-order valence-corrected chi connectivity index (χ2v) is 6.42.